The predicted octanol–water partition coefficient (Wildman–Crippen LogP) is 2.20. The van der Waals surface area contributed by atoms with Gasteiger partial charge in [0, 0.05) is 37.3 Å². The number of hydrogen-bond acceptors (Lipinski definition) is 5. The topological polar surface area (TPSA) is 76.2 Å². The summed E-state index contributed by atoms with van der Waals surface area (Å²) in [7, 11) is 0. The number of halogens is 1. The number of piperazine rings is 1. The minimum Gasteiger partial charge on any atom is -0.452 e. The van der Waals surface area contributed by atoms with Crippen LogP contribution in [-0.4, -0.2) is 67.2 Å². The molecule has 7 nitrogen and oxygen atoms in total. The van der Waals surface area contributed by atoms with E-state index in [0.717, 1.165) is 5.56 Å². The summed E-state index contributed by atoms with van der Waals surface area (Å²) in [4.78, 5) is 38.5. The molecule has 1 heterocycles. The fourth-order valence-corrected chi connectivity index (χ4v) is 2.60. The fourth-order valence-electron chi connectivity index (χ4n) is 2.40. The second-order valence-electron chi connectivity index (χ2n) is 5.56. The molecule has 0 saturated carbocycles. The number of hydrogen-bond donors (Lipinski definition) is 0. The number of carbonyl (C=O) groups is 3. The van der Waals surface area contributed by atoms with Crippen LogP contribution in [0, 0.1) is 0 Å². The van der Waals surface area contributed by atoms with E-state index in [1.807, 2.05) is 0 Å². The SMILES string of the molecule is CCOC(=O)N1CCN(C(=O)COC(=O)/C=C/c2cccc(Cl)c2)CC1. The predicted molar refractivity (Wildman–Crippen MR) is 96.6 cm³/mol. The Morgan fingerprint density at radius 2 is 1.81 bits per heavy atom. The molecule has 1 aromatic rings. The van der Waals surface area contributed by atoms with E-state index in [0.29, 0.717) is 37.8 Å². The number of esters is 1. The zero-order valence-corrected chi connectivity index (χ0v) is 15.3. The van der Waals surface area contributed by atoms with Gasteiger partial charge in [-0.15, -0.1) is 0 Å². The lowest BCUT2D eigenvalue weighted by Gasteiger charge is -2.33. The van der Waals surface area contributed by atoms with Gasteiger partial charge in [-0.05, 0) is 30.7 Å². The van der Waals surface area contributed by atoms with Crippen LogP contribution in [-0.2, 0) is 19.1 Å². The molecule has 0 bridgehead atoms. The maximum Gasteiger partial charge on any atom is 0.409 e. The highest BCUT2D eigenvalue weighted by atomic mass is 35.5. The fraction of sp³-hybridized carbons (Fsp3) is 0.389. The Morgan fingerprint density at radius 1 is 1.12 bits per heavy atom. The summed E-state index contributed by atoms with van der Waals surface area (Å²) < 4.78 is 9.89. The van der Waals surface area contributed by atoms with E-state index >= 15 is 0 Å². The van der Waals surface area contributed by atoms with E-state index in [1.165, 1.54) is 6.08 Å². The quantitative estimate of drug-likeness (QED) is 0.578. The summed E-state index contributed by atoms with van der Waals surface area (Å²) in [5.41, 5.74) is 0.760. The van der Waals surface area contributed by atoms with Crippen molar-refractivity contribution in [2.45, 2.75) is 6.92 Å². The smallest absolute Gasteiger partial charge is 0.409 e. The third-order valence-corrected chi connectivity index (χ3v) is 3.99. The molecule has 0 N–H and O–H groups in total. The molecule has 1 saturated heterocycles. The molecule has 0 aromatic heterocycles. The van der Waals surface area contributed by atoms with E-state index < -0.39 is 5.97 Å². The van der Waals surface area contributed by atoms with Gasteiger partial charge in [0.1, 0.15) is 0 Å². The van der Waals surface area contributed by atoms with Gasteiger partial charge in [-0.3, -0.25) is 4.79 Å². The molecule has 2 amide bonds. The van der Waals surface area contributed by atoms with Crippen molar-refractivity contribution in [1.82, 2.24) is 9.80 Å². The Morgan fingerprint density at radius 3 is 2.46 bits per heavy atom. The number of amides is 2. The first kappa shape index (κ1) is 19.8. The zero-order valence-electron chi connectivity index (χ0n) is 14.5. The monoisotopic (exact) mass is 380 g/mol. The van der Waals surface area contributed by atoms with E-state index in [9.17, 15) is 14.4 Å². The van der Waals surface area contributed by atoms with Crippen LogP contribution in [0.25, 0.3) is 6.08 Å². The van der Waals surface area contributed by atoms with Gasteiger partial charge in [0.2, 0.25) is 0 Å². The molecule has 0 aliphatic carbocycles. The van der Waals surface area contributed by atoms with E-state index in [1.54, 1.807) is 47.1 Å². The van der Waals surface area contributed by atoms with Gasteiger partial charge in [-0.2, -0.15) is 0 Å². The average Bonchev–Trinajstić information content (AvgIpc) is 2.65. The third-order valence-electron chi connectivity index (χ3n) is 3.76. The molecule has 26 heavy (non-hydrogen) atoms. The lowest BCUT2D eigenvalue weighted by atomic mass is 10.2. The van der Waals surface area contributed by atoms with Gasteiger partial charge in [0.05, 0.1) is 6.61 Å². The summed E-state index contributed by atoms with van der Waals surface area (Å²) in [5.74, 6) is -0.901. The van der Waals surface area contributed by atoms with Gasteiger partial charge in [0.15, 0.2) is 6.61 Å². The molecule has 1 aromatic carbocycles. The van der Waals surface area contributed by atoms with Gasteiger partial charge >= 0.3 is 12.1 Å². The molecule has 2 rings (SSSR count). The van der Waals surface area contributed by atoms with Gasteiger partial charge < -0.3 is 19.3 Å². The molecular formula is C18H21ClN2O5. The minimum absolute atomic E-state index is 0.294. The number of rotatable bonds is 5. The normalized spacial score (nSPS) is 14.4. The number of ether oxygens (including phenoxy) is 2. The van der Waals surface area contributed by atoms with Crippen molar-refractivity contribution < 1.29 is 23.9 Å². The van der Waals surface area contributed by atoms with Crippen molar-refractivity contribution >= 4 is 35.6 Å². The van der Waals surface area contributed by atoms with E-state index in [2.05, 4.69) is 0 Å². The Bertz CT molecular complexity index is 684. The van der Waals surface area contributed by atoms with Crippen molar-refractivity contribution in [1.29, 1.82) is 0 Å². The molecule has 1 aliphatic rings. The van der Waals surface area contributed by atoms with Crippen LogP contribution in [0.1, 0.15) is 12.5 Å². The highest BCUT2D eigenvalue weighted by Gasteiger charge is 2.25. The highest BCUT2D eigenvalue weighted by molar-refractivity contribution is 6.30. The summed E-state index contributed by atoms with van der Waals surface area (Å²) in [5, 5.41) is 0.567. The van der Waals surface area contributed by atoms with Crippen molar-refractivity contribution in [3.63, 3.8) is 0 Å². The van der Waals surface area contributed by atoms with Crippen LogP contribution in [0.15, 0.2) is 30.3 Å². The largest absolute Gasteiger partial charge is 0.452 e. The van der Waals surface area contributed by atoms with Crippen LogP contribution < -0.4 is 0 Å². The van der Waals surface area contributed by atoms with Gasteiger partial charge in [-0.25, -0.2) is 9.59 Å². The molecule has 0 radical (unpaired) electrons. The molecule has 8 heteroatoms. The Hall–Kier alpha value is -2.54. The number of nitrogens with zero attached hydrogens (tertiary/aromatic N) is 2. The van der Waals surface area contributed by atoms with Gasteiger partial charge in [-0.1, -0.05) is 23.7 Å². The molecule has 140 valence electrons. The summed E-state index contributed by atoms with van der Waals surface area (Å²) in [6.45, 7) is 3.28. The molecule has 1 aliphatic heterocycles. The zero-order chi connectivity index (χ0) is 18.9. The molecule has 0 spiro atoms. The van der Waals surface area contributed by atoms with Crippen LogP contribution in [0.2, 0.25) is 5.02 Å². The van der Waals surface area contributed by atoms with Crippen LogP contribution in [0.3, 0.4) is 0 Å². The first-order valence-corrected chi connectivity index (χ1v) is 8.67. The van der Waals surface area contributed by atoms with Crippen molar-refractivity contribution in [3.8, 4) is 0 Å². The minimum atomic E-state index is -0.608. The maximum atomic E-state index is 12.1. The van der Waals surface area contributed by atoms with E-state index in [-0.39, 0.29) is 18.6 Å². The number of benzene rings is 1. The Kier molecular flexibility index (Phi) is 7.47. The Labute approximate surface area is 157 Å². The molecular weight excluding hydrogens is 360 g/mol. The van der Waals surface area contributed by atoms with E-state index in [4.69, 9.17) is 21.1 Å². The second-order valence-corrected chi connectivity index (χ2v) is 6.00. The first-order valence-electron chi connectivity index (χ1n) is 8.29. The first-order chi connectivity index (χ1) is 12.5. The summed E-state index contributed by atoms with van der Waals surface area (Å²) in [6.07, 6.45) is 2.44. The average molecular weight is 381 g/mol. The molecule has 0 unspecified atom stereocenters. The van der Waals surface area contributed by atoms with Crippen molar-refractivity contribution in [2.75, 3.05) is 39.4 Å². The summed E-state index contributed by atoms with van der Waals surface area (Å²) >= 11 is 5.86. The molecule has 0 atom stereocenters. The highest BCUT2D eigenvalue weighted by Crippen LogP contribution is 2.12. The second kappa shape index (κ2) is 9.82. The van der Waals surface area contributed by atoms with Crippen LogP contribution in [0.5, 0.6) is 0 Å². The lowest BCUT2D eigenvalue weighted by Crippen LogP contribution is -2.51. The molecule has 1 fully saturated rings. The van der Waals surface area contributed by atoms with Crippen LogP contribution in [0.4, 0.5) is 4.79 Å². The lowest BCUT2D eigenvalue weighted by molar-refractivity contribution is -0.148. The summed E-state index contributed by atoms with van der Waals surface area (Å²) in [6, 6.07) is 7.01. The Balaban J connectivity index is 1.73. The van der Waals surface area contributed by atoms with Crippen molar-refractivity contribution in [2.24, 2.45) is 0 Å². The standard InChI is InChI=1S/C18H21ClN2O5/c1-2-25-18(24)21-10-8-20(9-11-21)16(22)13-26-17(23)7-6-14-4-3-5-15(19)12-14/h3-7,12H,2,8-11,13H2,1H3/b7-6+. The maximum absolute atomic E-state index is 12.1. The van der Waals surface area contributed by atoms with Crippen LogP contribution >= 0.6 is 11.6 Å². The van der Waals surface area contributed by atoms with Gasteiger partial charge in [0.25, 0.3) is 5.91 Å². The number of carbonyl (C=O) groups excluding carboxylic acids is 3. The van der Waals surface area contributed by atoms with Crippen molar-refractivity contribution in [3.05, 3.63) is 40.9 Å². The third kappa shape index (κ3) is 6.07.